The summed E-state index contributed by atoms with van der Waals surface area (Å²) in [5.74, 6) is 0.847. The van der Waals surface area contributed by atoms with E-state index in [2.05, 4.69) is 6.92 Å². The Labute approximate surface area is 112 Å². The molecule has 104 valence electrons. The largest absolute Gasteiger partial charge is 0.431 e. The van der Waals surface area contributed by atoms with Gasteiger partial charge in [-0.1, -0.05) is 58.3 Å². The van der Waals surface area contributed by atoms with Gasteiger partial charge in [0.1, 0.15) is 5.76 Å². The number of hydrogen-bond acceptors (Lipinski definition) is 2. The maximum atomic E-state index is 11.4. The highest BCUT2D eigenvalue weighted by Crippen LogP contribution is 2.20. The standard InChI is InChI=1S/C16H28O2/c1-2-3-4-5-6-7-8-9-10-14-16(17)18-15-12-11-13-15/h12H,2-11,13-14H2,1H3. The quantitative estimate of drug-likeness (QED) is 0.376. The summed E-state index contributed by atoms with van der Waals surface area (Å²) in [6.07, 6.45) is 16.2. The van der Waals surface area contributed by atoms with Gasteiger partial charge in [0, 0.05) is 12.8 Å². The summed E-state index contributed by atoms with van der Waals surface area (Å²) < 4.78 is 5.18. The molecule has 2 heteroatoms. The van der Waals surface area contributed by atoms with Gasteiger partial charge in [-0.15, -0.1) is 0 Å². The van der Waals surface area contributed by atoms with E-state index in [0.29, 0.717) is 6.42 Å². The highest BCUT2D eigenvalue weighted by Gasteiger charge is 2.11. The Kier molecular flexibility index (Phi) is 8.62. The molecule has 2 nitrogen and oxygen atoms in total. The predicted octanol–water partition coefficient (Wildman–Crippen LogP) is 5.13. The SMILES string of the molecule is CCCCCCCCCCCC(=O)OC1=CCC1. The molecule has 0 N–H and O–H groups in total. The van der Waals surface area contributed by atoms with Gasteiger partial charge in [0.15, 0.2) is 0 Å². The molecular weight excluding hydrogens is 224 g/mol. The van der Waals surface area contributed by atoms with Crippen LogP contribution in [0.4, 0.5) is 0 Å². The Bertz CT molecular complexity index is 256. The molecule has 0 heterocycles. The molecule has 0 aromatic heterocycles. The maximum Gasteiger partial charge on any atom is 0.310 e. The summed E-state index contributed by atoms with van der Waals surface area (Å²) >= 11 is 0. The van der Waals surface area contributed by atoms with E-state index in [0.717, 1.165) is 25.0 Å². The van der Waals surface area contributed by atoms with Crippen molar-refractivity contribution in [3.8, 4) is 0 Å². The fraction of sp³-hybridized carbons (Fsp3) is 0.812. The number of allylic oxidation sites excluding steroid dienone is 2. The van der Waals surface area contributed by atoms with Gasteiger partial charge < -0.3 is 4.74 Å². The first-order chi connectivity index (χ1) is 8.83. The van der Waals surface area contributed by atoms with Crippen molar-refractivity contribution in [2.75, 3.05) is 0 Å². The monoisotopic (exact) mass is 252 g/mol. The predicted molar refractivity (Wildman–Crippen MR) is 75.3 cm³/mol. The summed E-state index contributed by atoms with van der Waals surface area (Å²) in [4.78, 5) is 11.4. The van der Waals surface area contributed by atoms with Crippen molar-refractivity contribution in [2.45, 2.75) is 84.0 Å². The fourth-order valence-corrected chi connectivity index (χ4v) is 2.13. The average Bonchev–Trinajstić information content (AvgIpc) is 2.32. The molecule has 0 aliphatic heterocycles. The third-order valence-corrected chi connectivity index (χ3v) is 3.49. The van der Waals surface area contributed by atoms with E-state index >= 15 is 0 Å². The number of esters is 1. The zero-order valence-electron chi connectivity index (χ0n) is 11.9. The second-order valence-electron chi connectivity index (χ2n) is 5.26. The molecule has 0 bridgehead atoms. The van der Waals surface area contributed by atoms with Crippen molar-refractivity contribution in [3.63, 3.8) is 0 Å². The Morgan fingerprint density at radius 2 is 1.61 bits per heavy atom. The minimum atomic E-state index is -0.0381. The molecule has 0 aromatic carbocycles. The lowest BCUT2D eigenvalue weighted by Crippen LogP contribution is -2.07. The molecular formula is C16H28O2. The van der Waals surface area contributed by atoms with Crippen LogP contribution in [0.2, 0.25) is 0 Å². The lowest BCUT2D eigenvalue weighted by Gasteiger charge is -2.13. The van der Waals surface area contributed by atoms with Gasteiger partial charge in [0.25, 0.3) is 0 Å². The molecule has 0 saturated carbocycles. The molecule has 0 radical (unpaired) electrons. The Hall–Kier alpha value is -0.790. The summed E-state index contributed by atoms with van der Waals surface area (Å²) in [5, 5.41) is 0. The minimum absolute atomic E-state index is 0.0381. The van der Waals surface area contributed by atoms with Crippen LogP contribution in [0.5, 0.6) is 0 Å². The van der Waals surface area contributed by atoms with E-state index in [9.17, 15) is 4.79 Å². The van der Waals surface area contributed by atoms with E-state index in [-0.39, 0.29) is 5.97 Å². The number of carbonyl (C=O) groups excluding carboxylic acids is 1. The summed E-state index contributed by atoms with van der Waals surface area (Å²) in [5.41, 5.74) is 0. The van der Waals surface area contributed by atoms with Gasteiger partial charge in [-0.2, -0.15) is 0 Å². The average molecular weight is 252 g/mol. The zero-order chi connectivity index (χ0) is 13.1. The molecule has 0 spiro atoms. The normalized spacial score (nSPS) is 13.9. The highest BCUT2D eigenvalue weighted by atomic mass is 16.5. The van der Waals surface area contributed by atoms with Gasteiger partial charge in [0.2, 0.25) is 0 Å². The molecule has 0 aromatic rings. The summed E-state index contributed by atoms with van der Waals surface area (Å²) in [6, 6.07) is 0. The van der Waals surface area contributed by atoms with E-state index in [1.807, 2.05) is 6.08 Å². The summed E-state index contributed by atoms with van der Waals surface area (Å²) in [6.45, 7) is 2.25. The van der Waals surface area contributed by atoms with E-state index in [1.165, 1.54) is 51.4 Å². The lowest BCUT2D eigenvalue weighted by molar-refractivity contribution is -0.140. The van der Waals surface area contributed by atoms with Crippen molar-refractivity contribution in [1.29, 1.82) is 0 Å². The van der Waals surface area contributed by atoms with Crippen LogP contribution in [0.15, 0.2) is 11.8 Å². The molecule has 0 saturated heterocycles. The minimum Gasteiger partial charge on any atom is -0.431 e. The van der Waals surface area contributed by atoms with Crippen molar-refractivity contribution < 1.29 is 9.53 Å². The van der Waals surface area contributed by atoms with E-state index in [4.69, 9.17) is 4.74 Å². The number of rotatable bonds is 11. The van der Waals surface area contributed by atoms with Gasteiger partial charge in [0.05, 0.1) is 0 Å². The van der Waals surface area contributed by atoms with Crippen LogP contribution >= 0.6 is 0 Å². The fourth-order valence-electron chi connectivity index (χ4n) is 2.13. The Balaban J connectivity index is 1.79. The first-order valence-electron chi connectivity index (χ1n) is 7.72. The number of carbonyl (C=O) groups is 1. The van der Waals surface area contributed by atoms with E-state index in [1.54, 1.807) is 0 Å². The smallest absolute Gasteiger partial charge is 0.310 e. The maximum absolute atomic E-state index is 11.4. The first-order valence-corrected chi connectivity index (χ1v) is 7.72. The van der Waals surface area contributed by atoms with Crippen LogP contribution < -0.4 is 0 Å². The van der Waals surface area contributed by atoms with Crippen LogP contribution in [0.3, 0.4) is 0 Å². The van der Waals surface area contributed by atoms with Crippen LogP contribution in [-0.2, 0) is 9.53 Å². The van der Waals surface area contributed by atoms with Crippen LogP contribution in [0.1, 0.15) is 84.0 Å². The highest BCUT2D eigenvalue weighted by molar-refractivity contribution is 5.70. The third-order valence-electron chi connectivity index (χ3n) is 3.49. The molecule has 1 rings (SSSR count). The molecule has 0 atom stereocenters. The number of ether oxygens (including phenoxy) is 1. The second kappa shape index (κ2) is 10.2. The number of unbranched alkanes of at least 4 members (excludes halogenated alkanes) is 8. The molecule has 18 heavy (non-hydrogen) atoms. The van der Waals surface area contributed by atoms with E-state index < -0.39 is 0 Å². The molecule has 0 unspecified atom stereocenters. The van der Waals surface area contributed by atoms with Crippen molar-refractivity contribution in [2.24, 2.45) is 0 Å². The molecule has 1 aliphatic rings. The molecule has 0 amide bonds. The number of hydrogen-bond donors (Lipinski definition) is 0. The Morgan fingerprint density at radius 3 is 2.11 bits per heavy atom. The van der Waals surface area contributed by atoms with Crippen LogP contribution in [-0.4, -0.2) is 5.97 Å². The van der Waals surface area contributed by atoms with Gasteiger partial charge >= 0.3 is 5.97 Å². The van der Waals surface area contributed by atoms with Crippen molar-refractivity contribution in [3.05, 3.63) is 11.8 Å². The van der Waals surface area contributed by atoms with Crippen LogP contribution in [0, 0.1) is 0 Å². The Morgan fingerprint density at radius 1 is 1.06 bits per heavy atom. The third kappa shape index (κ3) is 7.52. The van der Waals surface area contributed by atoms with Crippen molar-refractivity contribution >= 4 is 5.97 Å². The van der Waals surface area contributed by atoms with Crippen LogP contribution in [0.25, 0.3) is 0 Å². The molecule has 1 aliphatic carbocycles. The first kappa shape index (κ1) is 15.3. The second-order valence-corrected chi connectivity index (χ2v) is 5.26. The zero-order valence-corrected chi connectivity index (χ0v) is 11.9. The lowest BCUT2D eigenvalue weighted by atomic mass is 10.1. The van der Waals surface area contributed by atoms with Crippen molar-refractivity contribution in [1.82, 2.24) is 0 Å². The topological polar surface area (TPSA) is 26.3 Å². The summed E-state index contributed by atoms with van der Waals surface area (Å²) in [7, 11) is 0. The molecule has 0 fully saturated rings. The van der Waals surface area contributed by atoms with Gasteiger partial charge in [-0.3, -0.25) is 4.79 Å². The van der Waals surface area contributed by atoms with Gasteiger partial charge in [-0.05, 0) is 18.9 Å². The van der Waals surface area contributed by atoms with Gasteiger partial charge in [-0.25, -0.2) is 0 Å².